The smallest absolute Gasteiger partial charge is 0.320 e. The van der Waals surface area contributed by atoms with Crippen LogP contribution in [-0.2, 0) is 4.79 Å². The molecule has 0 aromatic rings. The van der Waals surface area contributed by atoms with Crippen molar-refractivity contribution < 1.29 is 9.90 Å². The number of carboxylic acids is 1. The molecule has 2 saturated carbocycles. The molecular weight excluding hydrogens is 178 g/mol. The van der Waals surface area contributed by atoms with E-state index in [0.29, 0.717) is 12.0 Å². The summed E-state index contributed by atoms with van der Waals surface area (Å²) < 4.78 is 0. The summed E-state index contributed by atoms with van der Waals surface area (Å²) in [6, 6.07) is 0.198. The van der Waals surface area contributed by atoms with Gasteiger partial charge in [-0.2, -0.15) is 0 Å². The molecule has 0 saturated heterocycles. The van der Waals surface area contributed by atoms with Gasteiger partial charge in [-0.05, 0) is 31.6 Å². The van der Waals surface area contributed by atoms with Crippen LogP contribution in [0.15, 0.2) is 0 Å². The molecule has 0 aromatic carbocycles. The van der Waals surface area contributed by atoms with Crippen molar-refractivity contribution in [1.29, 1.82) is 0 Å². The van der Waals surface area contributed by atoms with Gasteiger partial charge in [0.15, 0.2) is 0 Å². The second-order valence-corrected chi connectivity index (χ2v) is 4.65. The maximum Gasteiger partial charge on any atom is 0.320 e. The lowest BCUT2D eigenvalue weighted by molar-refractivity contribution is -0.142. The van der Waals surface area contributed by atoms with Crippen molar-refractivity contribution in [2.45, 2.75) is 57.0 Å². The summed E-state index contributed by atoms with van der Waals surface area (Å²) in [6.45, 7) is 0. The maximum atomic E-state index is 11.1. The fraction of sp³-hybridized carbons (Fsp3) is 0.909. The molecule has 0 heterocycles. The first-order chi connectivity index (χ1) is 6.77. The number of carboxylic acid groups (broad SMARTS) is 1. The summed E-state index contributed by atoms with van der Waals surface area (Å²) in [4.78, 5) is 11.1. The molecule has 2 fully saturated rings. The Morgan fingerprint density at radius 2 is 1.79 bits per heavy atom. The summed E-state index contributed by atoms with van der Waals surface area (Å²) in [7, 11) is 0. The molecule has 3 nitrogen and oxygen atoms in total. The molecule has 0 aliphatic heterocycles. The van der Waals surface area contributed by atoms with E-state index in [0.717, 1.165) is 25.7 Å². The minimum absolute atomic E-state index is 0.271. The highest BCUT2D eigenvalue weighted by Gasteiger charge is 2.34. The molecule has 1 unspecified atom stereocenters. The van der Waals surface area contributed by atoms with Crippen LogP contribution in [0.3, 0.4) is 0 Å². The lowest BCUT2D eigenvalue weighted by atomic mass is 9.79. The highest BCUT2D eigenvalue weighted by Crippen LogP contribution is 2.31. The molecule has 0 aromatic heterocycles. The van der Waals surface area contributed by atoms with Gasteiger partial charge >= 0.3 is 5.97 Å². The first kappa shape index (κ1) is 9.97. The fourth-order valence-corrected chi connectivity index (χ4v) is 2.53. The van der Waals surface area contributed by atoms with Crippen LogP contribution in [0, 0.1) is 5.92 Å². The van der Waals surface area contributed by atoms with Gasteiger partial charge in [-0.3, -0.25) is 4.79 Å². The molecule has 2 aliphatic carbocycles. The third-order valence-corrected chi connectivity index (χ3v) is 3.66. The van der Waals surface area contributed by atoms with E-state index >= 15 is 0 Å². The lowest BCUT2D eigenvalue weighted by Crippen LogP contribution is -2.49. The summed E-state index contributed by atoms with van der Waals surface area (Å²) in [5.41, 5.74) is 0. The number of aliphatic carboxylic acids is 1. The van der Waals surface area contributed by atoms with Crippen LogP contribution in [0.2, 0.25) is 0 Å². The standard InChI is InChI=1S/C11H19NO2/c13-11(14)10(8-4-3-5-8)12-9-6-1-2-7-9/h8-10,12H,1-7H2,(H,13,14). The van der Waals surface area contributed by atoms with Gasteiger partial charge in [0, 0.05) is 6.04 Å². The first-order valence-corrected chi connectivity index (χ1v) is 5.76. The van der Waals surface area contributed by atoms with E-state index in [1.54, 1.807) is 0 Å². The second-order valence-electron chi connectivity index (χ2n) is 4.65. The number of hydrogen-bond acceptors (Lipinski definition) is 2. The quantitative estimate of drug-likeness (QED) is 0.722. The molecule has 0 spiro atoms. The SMILES string of the molecule is O=C(O)C(NC1CCCC1)C1CCC1. The van der Waals surface area contributed by atoms with Crippen molar-refractivity contribution in [3.63, 3.8) is 0 Å². The Hall–Kier alpha value is -0.570. The Kier molecular flexibility index (Phi) is 3.06. The molecule has 2 aliphatic rings. The van der Waals surface area contributed by atoms with E-state index in [-0.39, 0.29) is 6.04 Å². The van der Waals surface area contributed by atoms with Crippen molar-refractivity contribution in [3.8, 4) is 0 Å². The average molecular weight is 197 g/mol. The molecule has 0 bridgehead atoms. The van der Waals surface area contributed by atoms with E-state index in [1.807, 2.05) is 0 Å². The summed E-state index contributed by atoms with van der Waals surface area (Å²) in [5.74, 6) is -0.255. The van der Waals surface area contributed by atoms with Gasteiger partial charge in [0.1, 0.15) is 6.04 Å². The third kappa shape index (κ3) is 2.08. The largest absolute Gasteiger partial charge is 0.480 e. The van der Waals surface area contributed by atoms with E-state index in [2.05, 4.69) is 5.32 Å². The molecule has 1 atom stereocenters. The molecule has 2 N–H and O–H groups in total. The predicted molar refractivity (Wildman–Crippen MR) is 54.2 cm³/mol. The Bertz CT molecular complexity index is 207. The molecule has 0 amide bonds. The van der Waals surface area contributed by atoms with Gasteiger partial charge in [0.2, 0.25) is 0 Å². The lowest BCUT2D eigenvalue weighted by Gasteiger charge is -2.33. The molecule has 0 radical (unpaired) electrons. The van der Waals surface area contributed by atoms with Crippen LogP contribution < -0.4 is 5.32 Å². The number of rotatable bonds is 4. The van der Waals surface area contributed by atoms with Gasteiger partial charge in [-0.25, -0.2) is 0 Å². The van der Waals surface area contributed by atoms with E-state index < -0.39 is 5.97 Å². The van der Waals surface area contributed by atoms with Crippen LogP contribution in [0.4, 0.5) is 0 Å². The minimum Gasteiger partial charge on any atom is -0.480 e. The van der Waals surface area contributed by atoms with E-state index in [1.165, 1.54) is 19.3 Å². The average Bonchev–Trinajstić information content (AvgIpc) is 2.52. The van der Waals surface area contributed by atoms with E-state index in [4.69, 9.17) is 5.11 Å². The Balaban J connectivity index is 1.86. The number of hydrogen-bond donors (Lipinski definition) is 2. The zero-order valence-corrected chi connectivity index (χ0v) is 8.54. The van der Waals surface area contributed by atoms with Crippen LogP contribution in [-0.4, -0.2) is 23.2 Å². The van der Waals surface area contributed by atoms with Gasteiger partial charge in [-0.15, -0.1) is 0 Å². The Morgan fingerprint density at radius 3 is 2.21 bits per heavy atom. The van der Waals surface area contributed by atoms with Gasteiger partial charge in [0.25, 0.3) is 0 Å². The Morgan fingerprint density at radius 1 is 1.14 bits per heavy atom. The van der Waals surface area contributed by atoms with E-state index in [9.17, 15) is 4.79 Å². The van der Waals surface area contributed by atoms with Gasteiger partial charge in [-0.1, -0.05) is 19.3 Å². The molecule has 80 valence electrons. The highest BCUT2D eigenvalue weighted by molar-refractivity contribution is 5.74. The van der Waals surface area contributed by atoms with Crippen LogP contribution in [0.5, 0.6) is 0 Å². The first-order valence-electron chi connectivity index (χ1n) is 5.76. The van der Waals surface area contributed by atoms with Crippen molar-refractivity contribution in [2.24, 2.45) is 5.92 Å². The van der Waals surface area contributed by atoms with Crippen LogP contribution >= 0.6 is 0 Å². The molecule has 3 heteroatoms. The van der Waals surface area contributed by atoms with Crippen LogP contribution in [0.25, 0.3) is 0 Å². The maximum absolute atomic E-state index is 11.1. The van der Waals surface area contributed by atoms with Crippen molar-refractivity contribution in [1.82, 2.24) is 5.32 Å². The third-order valence-electron chi connectivity index (χ3n) is 3.66. The molecular formula is C11H19NO2. The minimum atomic E-state index is -0.651. The van der Waals surface area contributed by atoms with Gasteiger partial charge < -0.3 is 10.4 Å². The van der Waals surface area contributed by atoms with Crippen LogP contribution in [0.1, 0.15) is 44.9 Å². The Labute approximate surface area is 84.9 Å². The van der Waals surface area contributed by atoms with Crippen molar-refractivity contribution >= 4 is 5.97 Å². The summed E-state index contributed by atoms with van der Waals surface area (Å²) in [6.07, 6.45) is 8.24. The summed E-state index contributed by atoms with van der Waals surface area (Å²) >= 11 is 0. The number of nitrogens with one attached hydrogen (secondary N) is 1. The normalized spacial score (nSPS) is 26.0. The predicted octanol–water partition coefficient (Wildman–Crippen LogP) is 1.77. The van der Waals surface area contributed by atoms with Gasteiger partial charge in [0.05, 0.1) is 0 Å². The number of carbonyl (C=O) groups is 1. The zero-order chi connectivity index (χ0) is 9.97. The monoisotopic (exact) mass is 197 g/mol. The fourth-order valence-electron chi connectivity index (χ4n) is 2.53. The topological polar surface area (TPSA) is 49.3 Å². The second kappa shape index (κ2) is 4.30. The molecule has 14 heavy (non-hydrogen) atoms. The molecule has 2 rings (SSSR count). The van der Waals surface area contributed by atoms with Crippen molar-refractivity contribution in [2.75, 3.05) is 0 Å². The van der Waals surface area contributed by atoms with Crippen molar-refractivity contribution in [3.05, 3.63) is 0 Å². The summed E-state index contributed by atoms with van der Waals surface area (Å²) in [5, 5.41) is 12.4. The highest BCUT2D eigenvalue weighted by atomic mass is 16.4. The zero-order valence-electron chi connectivity index (χ0n) is 8.54.